The van der Waals surface area contributed by atoms with Crippen LogP contribution in [-0.4, -0.2) is 36.9 Å². The molecule has 0 aliphatic carbocycles. The summed E-state index contributed by atoms with van der Waals surface area (Å²) in [7, 11) is 1.51. The van der Waals surface area contributed by atoms with Crippen LogP contribution >= 0.6 is 0 Å². The number of halogens is 1. The molecule has 0 unspecified atom stereocenters. The molecule has 25 heavy (non-hydrogen) atoms. The van der Waals surface area contributed by atoms with Gasteiger partial charge in [-0.2, -0.15) is 0 Å². The molecule has 0 saturated carbocycles. The highest BCUT2D eigenvalue weighted by atomic mass is 19.1. The van der Waals surface area contributed by atoms with Crippen molar-refractivity contribution in [2.45, 2.75) is 13.3 Å². The van der Waals surface area contributed by atoms with Gasteiger partial charge in [0.2, 0.25) is 5.91 Å². The lowest BCUT2D eigenvalue weighted by molar-refractivity contribution is -0.135. The summed E-state index contributed by atoms with van der Waals surface area (Å²) in [5, 5.41) is 2.54. The number of hydrogen-bond acceptors (Lipinski definition) is 3. The number of nitrogens with zero attached hydrogens (tertiary/aromatic N) is 1. The molecule has 2 rings (SSSR count). The molecular formula is C19H21FN2O3. The van der Waals surface area contributed by atoms with Crippen molar-refractivity contribution in [1.82, 2.24) is 4.90 Å². The molecule has 1 N–H and O–H groups in total. The highest BCUT2D eigenvalue weighted by molar-refractivity contribution is 5.94. The second-order valence-electron chi connectivity index (χ2n) is 5.59. The van der Waals surface area contributed by atoms with Gasteiger partial charge in [0.25, 0.3) is 5.91 Å². The number of nitrogens with one attached hydrogen (secondary N) is 1. The molecule has 6 heteroatoms. The van der Waals surface area contributed by atoms with Crippen LogP contribution < -0.4 is 10.1 Å². The maximum absolute atomic E-state index is 13.1. The van der Waals surface area contributed by atoms with Crippen molar-refractivity contribution < 1.29 is 18.7 Å². The Balaban J connectivity index is 1.79. The van der Waals surface area contributed by atoms with E-state index in [4.69, 9.17) is 4.74 Å². The minimum absolute atomic E-state index is 0.145. The average Bonchev–Trinajstić information content (AvgIpc) is 2.59. The number of amides is 2. The molecule has 132 valence electrons. The molecule has 2 amide bonds. The maximum atomic E-state index is 13.1. The van der Waals surface area contributed by atoms with Crippen molar-refractivity contribution in [2.24, 2.45) is 0 Å². The number of anilines is 1. The van der Waals surface area contributed by atoms with Crippen molar-refractivity contribution in [3.63, 3.8) is 0 Å². The van der Waals surface area contributed by atoms with Crippen LogP contribution in [0.3, 0.4) is 0 Å². The number of benzene rings is 2. The molecule has 2 aromatic carbocycles. The van der Waals surface area contributed by atoms with Gasteiger partial charge in [-0.05, 0) is 42.3 Å². The Labute approximate surface area is 146 Å². The van der Waals surface area contributed by atoms with Gasteiger partial charge >= 0.3 is 0 Å². The molecule has 0 saturated heterocycles. The SMILES string of the molecule is CCc1ccc(OCC(=O)N(C)CC(=O)Nc2cccc(F)c2)cc1. The van der Waals surface area contributed by atoms with E-state index in [9.17, 15) is 14.0 Å². The summed E-state index contributed by atoms with van der Waals surface area (Å²) in [5.41, 5.74) is 1.53. The standard InChI is InChI=1S/C19H21FN2O3/c1-3-14-7-9-17(10-8-14)25-13-19(24)22(2)12-18(23)21-16-6-4-5-15(20)11-16/h4-11H,3,12-13H2,1-2H3,(H,21,23). The minimum atomic E-state index is -0.440. The van der Waals surface area contributed by atoms with E-state index in [1.165, 1.54) is 35.7 Å². The molecule has 0 atom stereocenters. The molecule has 0 heterocycles. The van der Waals surface area contributed by atoms with Gasteiger partial charge in [-0.15, -0.1) is 0 Å². The third kappa shape index (κ3) is 5.91. The van der Waals surface area contributed by atoms with E-state index in [0.717, 1.165) is 6.42 Å². The second kappa shape index (κ2) is 8.82. The predicted octanol–water partition coefficient (Wildman–Crippen LogP) is 2.86. The number of aryl methyl sites for hydroxylation is 1. The largest absolute Gasteiger partial charge is 0.484 e. The van der Waals surface area contributed by atoms with Crippen molar-refractivity contribution in [1.29, 1.82) is 0 Å². The van der Waals surface area contributed by atoms with E-state index in [1.807, 2.05) is 24.3 Å². The van der Waals surface area contributed by atoms with Gasteiger partial charge in [-0.1, -0.05) is 25.1 Å². The lowest BCUT2D eigenvalue weighted by Gasteiger charge is -2.17. The first-order valence-corrected chi connectivity index (χ1v) is 7.99. The number of rotatable bonds is 7. The number of hydrogen-bond donors (Lipinski definition) is 1. The van der Waals surface area contributed by atoms with E-state index in [0.29, 0.717) is 11.4 Å². The Morgan fingerprint density at radius 2 is 1.88 bits per heavy atom. The Bertz CT molecular complexity index is 732. The number of likely N-dealkylation sites (N-methyl/N-ethyl adjacent to an activating group) is 1. The van der Waals surface area contributed by atoms with Crippen molar-refractivity contribution in [2.75, 3.05) is 25.5 Å². The predicted molar refractivity (Wildman–Crippen MR) is 94.0 cm³/mol. The molecule has 2 aromatic rings. The summed E-state index contributed by atoms with van der Waals surface area (Å²) in [6.45, 7) is 1.76. The van der Waals surface area contributed by atoms with Gasteiger partial charge in [0.05, 0.1) is 6.54 Å². The van der Waals surface area contributed by atoms with Crippen LogP contribution in [0.5, 0.6) is 5.75 Å². The van der Waals surface area contributed by atoms with E-state index in [1.54, 1.807) is 6.07 Å². The smallest absolute Gasteiger partial charge is 0.260 e. The first-order chi connectivity index (χ1) is 12.0. The van der Waals surface area contributed by atoms with E-state index >= 15 is 0 Å². The average molecular weight is 344 g/mol. The summed E-state index contributed by atoms with van der Waals surface area (Å²) >= 11 is 0. The van der Waals surface area contributed by atoms with Crippen molar-refractivity contribution in [3.05, 3.63) is 59.9 Å². The zero-order valence-electron chi connectivity index (χ0n) is 14.3. The summed E-state index contributed by atoms with van der Waals surface area (Å²) in [6, 6.07) is 13.1. The lowest BCUT2D eigenvalue weighted by Crippen LogP contribution is -2.37. The van der Waals surface area contributed by atoms with E-state index in [-0.39, 0.29) is 19.1 Å². The lowest BCUT2D eigenvalue weighted by atomic mass is 10.2. The molecular weight excluding hydrogens is 323 g/mol. The molecule has 0 aliphatic heterocycles. The molecule has 0 aliphatic rings. The Kier molecular flexibility index (Phi) is 6.51. The van der Waals surface area contributed by atoms with Gasteiger partial charge in [-0.3, -0.25) is 9.59 Å². The van der Waals surface area contributed by atoms with Crippen LogP contribution in [0.25, 0.3) is 0 Å². The normalized spacial score (nSPS) is 10.2. The minimum Gasteiger partial charge on any atom is -0.484 e. The summed E-state index contributed by atoms with van der Waals surface area (Å²) in [4.78, 5) is 25.2. The first-order valence-electron chi connectivity index (χ1n) is 7.99. The van der Waals surface area contributed by atoms with Gasteiger partial charge < -0.3 is 15.0 Å². The highest BCUT2D eigenvalue weighted by Gasteiger charge is 2.14. The fraction of sp³-hybridized carbons (Fsp3) is 0.263. The Hall–Kier alpha value is -2.89. The van der Waals surface area contributed by atoms with Gasteiger partial charge in [0.1, 0.15) is 11.6 Å². The first kappa shape index (κ1) is 18.4. The number of carbonyl (C=O) groups excluding carboxylic acids is 2. The quantitative estimate of drug-likeness (QED) is 0.840. The van der Waals surface area contributed by atoms with Gasteiger partial charge in [0.15, 0.2) is 6.61 Å². The van der Waals surface area contributed by atoms with Crippen molar-refractivity contribution >= 4 is 17.5 Å². The Morgan fingerprint density at radius 1 is 1.16 bits per heavy atom. The molecule has 0 radical (unpaired) electrons. The summed E-state index contributed by atoms with van der Waals surface area (Å²) in [6.07, 6.45) is 0.933. The topological polar surface area (TPSA) is 58.6 Å². The molecule has 0 bridgehead atoms. The number of carbonyl (C=O) groups is 2. The zero-order chi connectivity index (χ0) is 18.2. The molecule has 0 spiro atoms. The van der Waals surface area contributed by atoms with Crippen LogP contribution in [-0.2, 0) is 16.0 Å². The van der Waals surface area contributed by atoms with Crippen LogP contribution in [0.1, 0.15) is 12.5 Å². The molecule has 0 aromatic heterocycles. The fourth-order valence-electron chi connectivity index (χ4n) is 2.15. The molecule has 0 fully saturated rings. The monoisotopic (exact) mass is 344 g/mol. The Morgan fingerprint density at radius 3 is 2.52 bits per heavy atom. The van der Waals surface area contributed by atoms with E-state index < -0.39 is 11.7 Å². The van der Waals surface area contributed by atoms with Gasteiger partial charge in [-0.25, -0.2) is 4.39 Å². The molecule has 5 nitrogen and oxygen atoms in total. The third-order valence-corrected chi connectivity index (χ3v) is 3.61. The maximum Gasteiger partial charge on any atom is 0.260 e. The zero-order valence-corrected chi connectivity index (χ0v) is 14.3. The second-order valence-corrected chi connectivity index (χ2v) is 5.59. The van der Waals surface area contributed by atoms with Crippen LogP contribution in [0, 0.1) is 5.82 Å². The third-order valence-electron chi connectivity index (χ3n) is 3.61. The van der Waals surface area contributed by atoms with Gasteiger partial charge in [0, 0.05) is 12.7 Å². The number of ether oxygens (including phenoxy) is 1. The highest BCUT2D eigenvalue weighted by Crippen LogP contribution is 2.12. The van der Waals surface area contributed by atoms with E-state index in [2.05, 4.69) is 12.2 Å². The summed E-state index contributed by atoms with van der Waals surface area (Å²) < 4.78 is 18.5. The van der Waals surface area contributed by atoms with Crippen LogP contribution in [0.15, 0.2) is 48.5 Å². The fourth-order valence-corrected chi connectivity index (χ4v) is 2.15. The van der Waals surface area contributed by atoms with Crippen LogP contribution in [0.4, 0.5) is 10.1 Å². The van der Waals surface area contributed by atoms with Crippen molar-refractivity contribution in [3.8, 4) is 5.75 Å². The summed E-state index contributed by atoms with van der Waals surface area (Å²) in [5.74, 6) is -0.574. The van der Waals surface area contributed by atoms with Crippen LogP contribution in [0.2, 0.25) is 0 Å².